The molecule has 8 heteroatoms. The zero-order valence-electron chi connectivity index (χ0n) is 18.0. The Morgan fingerprint density at radius 3 is 2.65 bits per heavy atom. The number of esters is 2. The van der Waals surface area contributed by atoms with E-state index in [4.69, 9.17) is 14.2 Å². The number of aromatic nitrogens is 1. The van der Waals surface area contributed by atoms with Gasteiger partial charge in [-0.25, -0.2) is 9.78 Å². The largest absolute Gasteiger partial charge is 0.496 e. The number of rotatable bonds is 5. The molecule has 0 amide bonds. The molecule has 31 heavy (non-hydrogen) atoms. The zero-order valence-corrected chi connectivity index (χ0v) is 18.0. The first kappa shape index (κ1) is 21.8. The van der Waals surface area contributed by atoms with Crippen LogP contribution in [0.5, 0.6) is 11.6 Å². The van der Waals surface area contributed by atoms with E-state index in [0.717, 1.165) is 11.3 Å². The summed E-state index contributed by atoms with van der Waals surface area (Å²) in [5, 5.41) is 12.5. The molecule has 0 saturated carbocycles. The number of ether oxygens (including phenoxy) is 3. The highest BCUT2D eigenvalue weighted by molar-refractivity contribution is 6.00. The molecule has 1 N–H and O–H groups in total. The molecule has 0 bridgehead atoms. The number of hydrogen-bond acceptors (Lipinski definition) is 8. The number of pyridine rings is 1. The van der Waals surface area contributed by atoms with Crippen LogP contribution >= 0.6 is 0 Å². The highest BCUT2D eigenvalue weighted by atomic mass is 16.6. The smallest absolute Gasteiger partial charge is 0.344 e. The Hall–Kier alpha value is -3.86. The maximum atomic E-state index is 13.0. The van der Waals surface area contributed by atoms with Crippen molar-refractivity contribution in [1.29, 1.82) is 5.26 Å². The van der Waals surface area contributed by atoms with Gasteiger partial charge in [0.05, 0.1) is 48.1 Å². The molecule has 2 heterocycles. The number of hydrogen-bond donors (Lipinski definition) is 1. The topological polar surface area (TPSA) is 111 Å². The first-order chi connectivity index (χ1) is 14.8. The normalized spacial score (nSPS) is 14.8. The van der Waals surface area contributed by atoms with Gasteiger partial charge in [-0.05, 0) is 38.5 Å². The third kappa shape index (κ3) is 4.08. The Bertz CT molecular complexity index is 1130. The number of allylic oxidation sites excluding steroid dienone is 1. The van der Waals surface area contributed by atoms with Gasteiger partial charge >= 0.3 is 11.9 Å². The third-order valence-corrected chi connectivity index (χ3v) is 4.97. The monoisotopic (exact) mass is 421 g/mol. The maximum Gasteiger partial charge on any atom is 0.344 e. The Labute approximate surface area is 180 Å². The number of methoxy groups -OCH3 is 1. The molecule has 0 saturated heterocycles. The van der Waals surface area contributed by atoms with Crippen molar-refractivity contribution in [3.05, 3.63) is 57.9 Å². The van der Waals surface area contributed by atoms with E-state index >= 15 is 0 Å². The van der Waals surface area contributed by atoms with Crippen LogP contribution < -0.4 is 14.8 Å². The van der Waals surface area contributed by atoms with E-state index < -0.39 is 17.9 Å². The predicted octanol–water partition coefficient (Wildman–Crippen LogP) is 3.59. The first-order valence-corrected chi connectivity index (χ1v) is 9.73. The van der Waals surface area contributed by atoms with Crippen LogP contribution in [-0.2, 0) is 14.3 Å². The van der Waals surface area contributed by atoms with E-state index in [1.807, 2.05) is 13.8 Å². The summed E-state index contributed by atoms with van der Waals surface area (Å²) >= 11 is 0. The summed E-state index contributed by atoms with van der Waals surface area (Å²) in [6, 6.07) is 7.05. The molecular weight excluding hydrogens is 398 g/mol. The van der Waals surface area contributed by atoms with Gasteiger partial charge in [-0.1, -0.05) is 6.07 Å². The molecule has 0 spiro atoms. The third-order valence-electron chi connectivity index (χ3n) is 4.97. The van der Waals surface area contributed by atoms with E-state index in [1.54, 1.807) is 31.3 Å². The molecule has 1 atom stereocenters. The molecule has 1 aliphatic heterocycles. The molecule has 0 aliphatic carbocycles. The molecular formula is C23H23N3O5. The zero-order chi connectivity index (χ0) is 22.7. The van der Waals surface area contributed by atoms with Gasteiger partial charge in [0, 0.05) is 24.4 Å². The van der Waals surface area contributed by atoms with Crippen molar-refractivity contribution in [2.24, 2.45) is 0 Å². The fourth-order valence-corrected chi connectivity index (χ4v) is 3.70. The summed E-state index contributed by atoms with van der Waals surface area (Å²) in [7, 11) is 1.49. The summed E-state index contributed by atoms with van der Waals surface area (Å²) in [6.45, 7) is 7.02. The summed E-state index contributed by atoms with van der Waals surface area (Å²) in [5.74, 6) is -1.41. The summed E-state index contributed by atoms with van der Waals surface area (Å²) in [5.41, 5.74) is 4.04. The highest BCUT2D eigenvalue weighted by Crippen LogP contribution is 2.49. The van der Waals surface area contributed by atoms with Crippen molar-refractivity contribution in [2.75, 3.05) is 19.0 Å². The van der Waals surface area contributed by atoms with E-state index in [2.05, 4.69) is 16.4 Å². The first-order valence-electron chi connectivity index (χ1n) is 9.73. The van der Waals surface area contributed by atoms with Gasteiger partial charge in [-0.2, -0.15) is 5.26 Å². The van der Waals surface area contributed by atoms with Gasteiger partial charge < -0.3 is 19.5 Å². The molecule has 1 aromatic carbocycles. The fourth-order valence-electron chi connectivity index (χ4n) is 3.70. The van der Waals surface area contributed by atoms with Crippen molar-refractivity contribution < 1.29 is 23.8 Å². The van der Waals surface area contributed by atoms with Crippen molar-refractivity contribution in [3.8, 4) is 17.7 Å². The summed E-state index contributed by atoms with van der Waals surface area (Å²) < 4.78 is 16.3. The fraction of sp³-hybridized carbons (Fsp3) is 0.304. The number of benzene rings is 1. The van der Waals surface area contributed by atoms with Crippen molar-refractivity contribution in [3.63, 3.8) is 0 Å². The van der Waals surface area contributed by atoms with Crippen LogP contribution in [0.1, 0.15) is 48.9 Å². The summed E-state index contributed by atoms with van der Waals surface area (Å²) in [4.78, 5) is 29.0. The lowest BCUT2D eigenvalue weighted by molar-refractivity contribution is -0.155. The molecule has 160 valence electrons. The second-order valence-corrected chi connectivity index (χ2v) is 7.01. The van der Waals surface area contributed by atoms with E-state index in [9.17, 15) is 14.9 Å². The number of carbonyl (C=O) groups excluding carboxylic acids is 2. The van der Waals surface area contributed by atoms with Gasteiger partial charge in [0.15, 0.2) is 0 Å². The van der Waals surface area contributed by atoms with E-state index in [0.29, 0.717) is 40.6 Å². The van der Waals surface area contributed by atoms with Gasteiger partial charge in [0.2, 0.25) is 5.88 Å². The molecule has 0 radical (unpaired) electrons. The number of fused-ring (bicyclic) bond motifs is 1. The van der Waals surface area contributed by atoms with Gasteiger partial charge in [0.1, 0.15) is 5.75 Å². The van der Waals surface area contributed by atoms with Crippen LogP contribution in [-0.4, -0.2) is 30.6 Å². The van der Waals surface area contributed by atoms with Gasteiger partial charge in [-0.15, -0.1) is 0 Å². The molecule has 1 aliphatic rings. The van der Waals surface area contributed by atoms with Gasteiger partial charge in [-0.3, -0.25) is 4.79 Å². The average molecular weight is 421 g/mol. The predicted molar refractivity (Wildman–Crippen MR) is 113 cm³/mol. The van der Waals surface area contributed by atoms with E-state index in [1.165, 1.54) is 14.0 Å². The van der Waals surface area contributed by atoms with Crippen LogP contribution in [0.2, 0.25) is 0 Å². The lowest BCUT2D eigenvalue weighted by atomic mass is 9.79. The minimum Gasteiger partial charge on any atom is -0.496 e. The number of nitrogens with one attached hydrogen (secondary N) is 1. The molecule has 0 fully saturated rings. The van der Waals surface area contributed by atoms with Crippen LogP contribution in [0.15, 0.2) is 35.7 Å². The minimum absolute atomic E-state index is 0.235. The SMILES string of the molecule is CCOc1ncc(C)c2c1C(c1ccc(C#N)cc1OC)C(C(=O)OC(C)=O)=C(C)N2. The second-order valence-electron chi connectivity index (χ2n) is 7.01. The lowest BCUT2D eigenvalue weighted by Crippen LogP contribution is -2.27. The molecule has 1 aromatic heterocycles. The number of carbonyl (C=O) groups is 2. The van der Waals surface area contributed by atoms with E-state index in [-0.39, 0.29) is 5.57 Å². The van der Waals surface area contributed by atoms with Crippen LogP contribution in [0, 0.1) is 18.3 Å². The number of nitriles is 1. The highest BCUT2D eigenvalue weighted by Gasteiger charge is 2.38. The number of anilines is 1. The van der Waals surface area contributed by atoms with Crippen LogP contribution in [0.3, 0.4) is 0 Å². The van der Waals surface area contributed by atoms with Gasteiger partial charge in [0.25, 0.3) is 0 Å². The summed E-state index contributed by atoms with van der Waals surface area (Å²) in [6.07, 6.45) is 1.69. The molecule has 3 rings (SSSR count). The number of aryl methyl sites for hydroxylation is 1. The van der Waals surface area contributed by atoms with Crippen molar-refractivity contribution >= 4 is 17.6 Å². The minimum atomic E-state index is -0.775. The van der Waals surface area contributed by atoms with Crippen LogP contribution in [0.25, 0.3) is 0 Å². The Morgan fingerprint density at radius 2 is 2.03 bits per heavy atom. The van der Waals surface area contributed by atoms with Crippen molar-refractivity contribution in [2.45, 2.75) is 33.6 Å². The van der Waals surface area contributed by atoms with Crippen molar-refractivity contribution in [1.82, 2.24) is 4.98 Å². The molecule has 8 nitrogen and oxygen atoms in total. The Morgan fingerprint density at radius 1 is 1.29 bits per heavy atom. The Balaban J connectivity index is 2.35. The quantitative estimate of drug-likeness (QED) is 0.576. The standard InChI is InChI=1S/C23H23N3O5/c1-6-30-22-20-19(16-8-7-15(10-24)9-17(16)29-5)18(23(28)31-14(4)27)13(3)26-21(20)12(2)11-25-22/h7-9,11,19,26H,6H2,1-5H3. The molecule has 2 aromatic rings. The molecule has 1 unspecified atom stereocenters. The number of nitrogens with zero attached hydrogens (tertiary/aromatic N) is 2. The van der Waals surface area contributed by atoms with Crippen LogP contribution in [0.4, 0.5) is 5.69 Å². The Kier molecular flexibility index (Phi) is 6.25. The lowest BCUT2D eigenvalue weighted by Gasteiger charge is -2.32. The average Bonchev–Trinajstić information content (AvgIpc) is 2.74. The maximum absolute atomic E-state index is 13.0. The second kappa shape index (κ2) is 8.88.